The van der Waals surface area contributed by atoms with Crippen LogP contribution in [-0.2, 0) is 6.42 Å². The Kier molecular flexibility index (Phi) is 9.44. The average molecular weight is 749 g/mol. The van der Waals surface area contributed by atoms with E-state index in [0.29, 0.717) is 33.9 Å². The molecule has 2 aliphatic heterocycles. The minimum Gasteiger partial charge on any atom is -0.422 e. The molecule has 0 atom stereocenters. The van der Waals surface area contributed by atoms with Gasteiger partial charge in [-0.3, -0.25) is 4.98 Å². The van der Waals surface area contributed by atoms with E-state index in [4.69, 9.17) is 8.83 Å². The van der Waals surface area contributed by atoms with Crippen LogP contribution in [0.1, 0.15) is 48.3 Å². The van der Waals surface area contributed by atoms with E-state index in [9.17, 15) is 9.59 Å². The molecule has 56 heavy (non-hydrogen) atoms. The number of benzene rings is 2. The van der Waals surface area contributed by atoms with Gasteiger partial charge < -0.3 is 33.2 Å². The van der Waals surface area contributed by atoms with E-state index in [1.54, 1.807) is 0 Å². The number of hydrogen-bond donors (Lipinski definition) is 2. The van der Waals surface area contributed by atoms with E-state index >= 15 is 0 Å². The molecule has 0 spiro atoms. The van der Waals surface area contributed by atoms with Gasteiger partial charge in [0, 0.05) is 79.1 Å². The molecule has 2 fully saturated rings. The zero-order valence-electron chi connectivity index (χ0n) is 31.8. The number of anilines is 1. The van der Waals surface area contributed by atoms with Gasteiger partial charge >= 0.3 is 11.3 Å². The van der Waals surface area contributed by atoms with E-state index in [1.165, 1.54) is 5.56 Å². The summed E-state index contributed by atoms with van der Waals surface area (Å²) < 4.78 is 15.3. The molecular weight excluding hydrogens is 705 g/mol. The molecule has 0 saturated carbocycles. The maximum Gasteiger partial charge on any atom is 0.345 e. The summed E-state index contributed by atoms with van der Waals surface area (Å²) in [6, 6.07) is 20.0. The van der Waals surface area contributed by atoms with Crippen LogP contribution < -0.4 is 26.8 Å². The minimum absolute atomic E-state index is 0.304. The van der Waals surface area contributed by atoms with E-state index in [1.807, 2.05) is 89.9 Å². The van der Waals surface area contributed by atoms with Crippen LogP contribution in [0.25, 0.3) is 55.6 Å². The van der Waals surface area contributed by atoms with Gasteiger partial charge in [0.05, 0.1) is 33.9 Å². The van der Waals surface area contributed by atoms with Gasteiger partial charge in [0.1, 0.15) is 16.8 Å². The summed E-state index contributed by atoms with van der Waals surface area (Å²) in [7, 11) is 0. The number of pyridine rings is 1. The van der Waals surface area contributed by atoms with Crippen LogP contribution in [0.4, 0.5) is 5.69 Å². The number of nitrogens with one attached hydrogen (secondary N) is 2. The number of aryl methyl sites for hydroxylation is 3. The predicted octanol–water partition coefficient (Wildman–Crippen LogP) is 6.67. The predicted molar refractivity (Wildman–Crippen MR) is 220 cm³/mol. The first-order chi connectivity index (χ1) is 27.3. The molecule has 0 amide bonds. The van der Waals surface area contributed by atoms with E-state index < -0.39 is 0 Å². The van der Waals surface area contributed by atoms with Crippen molar-refractivity contribution in [2.45, 2.75) is 46.0 Å². The molecule has 12 heteroatoms. The Bertz CT molecular complexity index is 2860. The van der Waals surface area contributed by atoms with Crippen molar-refractivity contribution in [2.24, 2.45) is 0 Å². The SMILES string of the molecule is CCc1nc(C)cn2cc(-c3cc4ccc(N5CCNCC5)cc4oc3=O)nc12.Cc1cn2cc(-c3cc4ccc(C5CCNCC5)cc4oc3=O)ccc2n1. The smallest absolute Gasteiger partial charge is 0.345 e. The fourth-order valence-corrected chi connectivity index (χ4v) is 7.98. The van der Waals surface area contributed by atoms with Crippen molar-refractivity contribution in [3.8, 4) is 22.4 Å². The molecule has 2 N–H and O–H groups in total. The lowest BCUT2D eigenvalue weighted by atomic mass is 9.90. The number of aromatic nitrogens is 5. The second-order valence-electron chi connectivity index (χ2n) is 14.8. The number of hydrogen-bond acceptors (Lipinski definition) is 10. The Morgan fingerprint density at radius 3 is 2.16 bits per heavy atom. The van der Waals surface area contributed by atoms with Gasteiger partial charge in [-0.1, -0.05) is 19.1 Å². The van der Waals surface area contributed by atoms with Gasteiger partial charge in [-0.05, 0) is 100 Å². The molecule has 284 valence electrons. The van der Waals surface area contributed by atoms with E-state index in [2.05, 4.69) is 55.6 Å². The van der Waals surface area contributed by atoms with Crippen molar-refractivity contribution in [3.63, 3.8) is 0 Å². The molecule has 0 unspecified atom stereocenters. The summed E-state index contributed by atoms with van der Waals surface area (Å²) >= 11 is 0. The summed E-state index contributed by atoms with van der Waals surface area (Å²) in [5, 5.41) is 8.58. The summed E-state index contributed by atoms with van der Waals surface area (Å²) in [6.07, 6.45) is 10.7. The highest BCUT2D eigenvalue weighted by atomic mass is 16.4. The Hall–Kier alpha value is -6.11. The van der Waals surface area contributed by atoms with Crippen LogP contribution >= 0.6 is 0 Å². The summed E-state index contributed by atoms with van der Waals surface area (Å²) in [4.78, 5) is 41.4. The summed E-state index contributed by atoms with van der Waals surface area (Å²) in [5.41, 5.74) is 9.84. The Morgan fingerprint density at radius 1 is 0.696 bits per heavy atom. The highest BCUT2D eigenvalue weighted by Crippen LogP contribution is 2.30. The molecule has 2 aromatic carbocycles. The van der Waals surface area contributed by atoms with Crippen molar-refractivity contribution in [1.82, 2.24) is 34.4 Å². The second kappa shape index (κ2) is 14.9. The fourth-order valence-electron chi connectivity index (χ4n) is 7.98. The Morgan fingerprint density at radius 2 is 1.38 bits per heavy atom. The van der Waals surface area contributed by atoms with Crippen molar-refractivity contribution in [3.05, 3.63) is 129 Å². The maximum absolute atomic E-state index is 12.8. The van der Waals surface area contributed by atoms with Gasteiger partial charge in [-0.2, -0.15) is 0 Å². The lowest BCUT2D eigenvalue weighted by Crippen LogP contribution is -2.43. The van der Waals surface area contributed by atoms with Gasteiger partial charge in [0.2, 0.25) is 0 Å². The number of nitrogens with zero attached hydrogens (tertiary/aromatic N) is 6. The van der Waals surface area contributed by atoms with Gasteiger partial charge in [-0.15, -0.1) is 0 Å². The molecule has 2 aliphatic rings. The first-order valence-electron chi connectivity index (χ1n) is 19.4. The van der Waals surface area contributed by atoms with Crippen LogP contribution in [0.5, 0.6) is 0 Å². The largest absolute Gasteiger partial charge is 0.422 e. The Balaban J connectivity index is 0.000000147. The normalized spacial score (nSPS) is 15.2. The number of piperidine rings is 1. The third-order valence-corrected chi connectivity index (χ3v) is 10.9. The van der Waals surface area contributed by atoms with Crippen LogP contribution in [0.15, 0.2) is 104 Å². The standard InChI is InChI=1S/C22H23N5O2.C22H21N3O2/c1-3-18-21-25-19(13-27(21)12-14(2)24-18)17-10-15-4-5-16(11-20(15)29-22(17)28)26-8-6-23-7-9-26;1-14-12-25-13-18(4-5-21(25)24-14)19-10-17-3-2-16(11-20(17)27-22(19)26)15-6-8-23-9-7-15/h4-5,10-13,23H,3,6-9H2,1-2H3;2-5,10-13,15,23H,6-9H2,1H3. The lowest BCUT2D eigenvalue weighted by Gasteiger charge is -2.29. The molecule has 8 heterocycles. The first-order valence-corrected chi connectivity index (χ1v) is 19.4. The fraction of sp³-hybridized carbons (Fsp3) is 0.295. The first kappa shape index (κ1) is 35.6. The lowest BCUT2D eigenvalue weighted by molar-refractivity contribution is 0.460. The van der Waals surface area contributed by atoms with Crippen LogP contribution in [0, 0.1) is 13.8 Å². The van der Waals surface area contributed by atoms with E-state index in [0.717, 1.165) is 109 Å². The van der Waals surface area contributed by atoms with E-state index in [-0.39, 0.29) is 11.3 Å². The number of piperazine rings is 1. The van der Waals surface area contributed by atoms with Crippen LogP contribution in [0.3, 0.4) is 0 Å². The van der Waals surface area contributed by atoms with Crippen LogP contribution in [0.2, 0.25) is 0 Å². The van der Waals surface area contributed by atoms with Crippen molar-refractivity contribution >= 4 is 38.9 Å². The molecule has 0 aliphatic carbocycles. The third-order valence-electron chi connectivity index (χ3n) is 10.9. The topological polar surface area (TPSA) is 135 Å². The molecular formula is C44H44N8O4. The Labute approximate surface area is 322 Å². The van der Waals surface area contributed by atoms with Crippen molar-refractivity contribution in [1.29, 1.82) is 0 Å². The third kappa shape index (κ3) is 6.97. The number of imidazole rings is 2. The molecule has 10 rings (SSSR count). The minimum atomic E-state index is -0.374. The monoisotopic (exact) mass is 748 g/mol. The average Bonchev–Trinajstić information content (AvgIpc) is 3.82. The molecule has 8 aromatic rings. The molecule has 12 nitrogen and oxygen atoms in total. The van der Waals surface area contributed by atoms with Gasteiger partial charge in [-0.25, -0.2) is 19.6 Å². The molecule has 6 aromatic heterocycles. The molecule has 0 radical (unpaired) electrons. The van der Waals surface area contributed by atoms with Gasteiger partial charge in [0.15, 0.2) is 5.65 Å². The van der Waals surface area contributed by atoms with Crippen molar-refractivity contribution < 1.29 is 8.83 Å². The molecule has 0 bridgehead atoms. The van der Waals surface area contributed by atoms with Gasteiger partial charge in [0.25, 0.3) is 0 Å². The van der Waals surface area contributed by atoms with Crippen molar-refractivity contribution in [2.75, 3.05) is 44.2 Å². The zero-order chi connectivity index (χ0) is 38.3. The number of rotatable bonds is 5. The quantitative estimate of drug-likeness (QED) is 0.184. The summed E-state index contributed by atoms with van der Waals surface area (Å²) in [5.74, 6) is 0.535. The molecule has 2 saturated heterocycles. The van der Waals surface area contributed by atoms with Crippen LogP contribution in [-0.4, -0.2) is 63.0 Å². The maximum atomic E-state index is 12.8. The second-order valence-corrected chi connectivity index (χ2v) is 14.8. The zero-order valence-corrected chi connectivity index (χ0v) is 31.8. The summed E-state index contributed by atoms with van der Waals surface area (Å²) in [6.45, 7) is 11.9. The highest BCUT2D eigenvalue weighted by molar-refractivity contribution is 5.85. The number of fused-ring (bicyclic) bond motifs is 4. The highest BCUT2D eigenvalue weighted by Gasteiger charge is 2.18.